The van der Waals surface area contributed by atoms with Crippen LogP contribution in [0.3, 0.4) is 0 Å². The van der Waals surface area contributed by atoms with Crippen LogP contribution in [0, 0.1) is 0 Å². The first kappa shape index (κ1) is 23.4. The van der Waals surface area contributed by atoms with Gasteiger partial charge in [-0.15, -0.1) is 0 Å². The molecule has 0 bridgehead atoms. The van der Waals surface area contributed by atoms with Gasteiger partial charge in [0.1, 0.15) is 5.52 Å². The van der Waals surface area contributed by atoms with Gasteiger partial charge >= 0.3 is 0 Å². The molecule has 35 heavy (non-hydrogen) atoms. The second kappa shape index (κ2) is 9.73. The summed E-state index contributed by atoms with van der Waals surface area (Å²) in [5.41, 5.74) is 5.04. The van der Waals surface area contributed by atoms with E-state index in [0.29, 0.717) is 17.8 Å². The highest BCUT2D eigenvalue weighted by Crippen LogP contribution is 2.29. The molecule has 5 rings (SSSR count). The molecule has 0 radical (unpaired) electrons. The van der Waals surface area contributed by atoms with Crippen molar-refractivity contribution in [1.29, 1.82) is 0 Å². The van der Waals surface area contributed by atoms with Gasteiger partial charge < -0.3 is 10.2 Å². The number of anilines is 1. The summed E-state index contributed by atoms with van der Waals surface area (Å²) in [5.74, 6) is 0. The van der Waals surface area contributed by atoms with Crippen LogP contribution in [0.5, 0.6) is 0 Å². The van der Waals surface area contributed by atoms with E-state index in [9.17, 15) is 8.42 Å². The molecule has 1 saturated heterocycles. The lowest BCUT2D eigenvalue weighted by Gasteiger charge is -2.37. The van der Waals surface area contributed by atoms with E-state index in [0.717, 1.165) is 40.9 Å². The second-order valence-corrected chi connectivity index (χ2v) is 10.9. The van der Waals surface area contributed by atoms with E-state index in [2.05, 4.69) is 33.8 Å². The van der Waals surface area contributed by atoms with Crippen LogP contribution in [0.15, 0.2) is 83.9 Å². The summed E-state index contributed by atoms with van der Waals surface area (Å²) in [6.45, 7) is 6.37. The molecule has 2 aromatic carbocycles. The second-order valence-electron chi connectivity index (χ2n) is 9.11. The Labute approximate surface area is 206 Å². The lowest BCUT2D eigenvalue weighted by Crippen LogP contribution is -2.54. The first-order valence-electron chi connectivity index (χ1n) is 11.8. The standard InChI is InChI=1S/C27H29N5O2S/c1-19-17-32(18-20(2)30-19)26-13-14-28-25-12-11-24(31-27(25)26)22-9-6-10-23(15-22)35(33,34)29-16-21-7-4-3-5-8-21/h3-15,19-20,29-30H,16-18H2,1-2H3/t19-,20+. The van der Waals surface area contributed by atoms with Crippen molar-refractivity contribution in [3.05, 3.63) is 84.6 Å². The molecule has 7 nitrogen and oxygen atoms in total. The maximum absolute atomic E-state index is 13.0. The SMILES string of the molecule is C[C@@H]1CN(c2ccnc3ccc(-c4cccc(S(=O)(=O)NCc5ccccc5)c4)nc23)C[C@H](C)N1. The van der Waals surface area contributed by atoms with Gasteiger partial charge in [0.05, 0.1) is 21.8 Å². The van der Waals surface area contributed by atoms with E-state index >= 15 is 0 Å². The fraction of sp³-hybridized carbons (Fsp3) is 0.259. The molecule has 3 heterocycles. The van der Waals surface area contributed by atoms with E-state index in [4.69, 9.17) is 4.98 Å². The number of nitrogens with one attached hydrogen (secondary N) is 2. The van der Waals surface area contributed by atoms with Crippen LogP contribution in [-0.2, 0) is 16.6 Å². The predicted molar refractivity (Wildman–Crippen MR) is 140 cm³/mol. The van der Waals surface area contributed by atoms with E-state index < -0.39 is 10.0 Å². The smallest absolute Gasteiger partial charge is 0.240 e. The number of nitrogens with zero attached hydrogens (tertiary/aromatic N) is 3. The molecular formula is C27H29N5O2S. The van der Waals surface area contributed by atoms with Gasteiger partial charge in [0, 0.05) is 43.5 Å². The fourth-order valence-corrected chi connectivity index (χ4v) is 5.69. The van der Waals surface area contributed by atoms with Gasteiger partial charge in [0.25, 0.3) is 0 Å². The highest BCUT2D eigenvalue weighted by molar-refractivity contribution is 7.89. The number of aromatic nitrogens is 2. The molecule has 1 fully saturated rings. The van der Waals surface area contributed by atoms with E-state index in [1.807, 2.05) is 60.8 Å². The van der Waals surface area contributed by atoms with Gasteiger partial charge in [-0.3, -0.25) is 4.98 Å². The van der Waals surface area contributed by atoms with Crippen molar-refractivity contribution in [2.24, 2.45) is 0 Å². The third-order valence-electron chi connectivity index (χ3n) is 6.21. The zero-order valence-electron chi connectivity index (χ0n) is 19.8. The maximum atomic E-state index is 13.0. The van der Waals surface area contributed by atoms with Crippen molar-refractivity contribution in [3.8, 4) is 11.3 Å². The quantitative estimate of drug-likeness (QED) is 0.428. The van der Waals surface area contributed by atoms with Crippen LogP contribution < -0.4 is 14.9 Å². The third kappa shape index (κ3) is 5.19. The largest absolute Gasteiger partial charge is 0.367 e. The summed E-state index contributed by atoms with van der Waals surface area (Å²) in [6.07, 6.45) is 1.82. The van der Waals surface area contributed by atoms with E-state index in [-0.39, 0.29) is 11.4 Å². The van der Waals surface area contributed by atoms with Gasteiger partial charge in [0.15, 0.2) is 0 Å². The van der Waals surface area contributed by atoms with Gasteiger partial charge in [-0.1, -0.05) is 42.5 Å². The predicted octanol–water partition coefficient (Wildman–Crippen LogP) is 3.96. The van der Waals surface area contributed by atoms with Crippen molar-refractivity contribution < 1.29 is 8.42 Å². The Kier molecular flexibility index (Phi) is 6.51. The number of pyridine rings is 2. The van der Waals surface area contributed by atoms with Crippen LogP contribution in [0.4, 0.5) is 5.69 Å². The molecule has 1 aliphatic rings. The molecule has 4 aromatic rings. The van der Waals surface area contributed by atoms with Crippen molar-refractivity contribution in [1.82, 2.24) is 20.0 Å². The Morgan fingerprint density at radius 2 is 1.74 bits per heavy atom. The highest BCUT2D eigenvalue weighted by atomic mass is 32.2. The average Bonchev–Trinajstić information content (AvgIpc) is 2.87. The zero-order valence-corrected chi connectivity index (χ0v) is 20.7. The lowest BCUT2D eigenvalue weighted by molar-refractivity contribution is 0.407. The van der Waals surface area contributed by atoms with Crippen LogP contribution in [0.2, 0.25) is 0 Å². The molecule has 8 heteroatoms. The van der Waals surface area contributed by atoms with Crippen molar-refractivity contribution in [2.45, 2.75) is 37.4 Å². The summed E-state index contributed by atoms with van der Waals surface area (Å²) in [5, 5.41) is 3.56. The lowest BCUT2D eigenvalue weighted by atomic mass is 10.1. The van der Waals surface area contributed by atoms with Gasteiger partial charge in [-0.05, 0) is 49.7 Å². The molecule has 2 N–H and O–H groups in total. The van der Waals surface area contributed by atoms with E-state index in [1.165, 1.54) is 0 Å². The van der Waals surface area contributed by atoms with Crippen LogP contribution in [0.1, 0.15) is 19.4 Å². The molecule has 180 valence electrons. The molecule has 0 saturated carbocycles. The van der Waals surface area contributed by atoms with Crippen LogP contribution >= 0.6 is 0 Å². The van der Waals surface area contributed by atoms with Crippen molar-refractivity contribution in [2.75, 3.05) is 18.0 Å². The molecular weight excluding hydrogens is 458 g/mol. The third-order valence-corrected chi connectivity index (χ3v) is 7.61. The Hall–Kier alpha value is -3.33. The number of hydrogen-bond donors (Lipinski definition) is 2. The minimum absolute atomic E-state index is 0.212. The minimum atomic E-state index is -3.67. The fourth-order valence-electron chi connectivity index (χ4n) is 4.63. The minimum Gasteiger partial charge on any atom is -0.367 e. The molecule has 0 unspecified atom stereocenters. The topological polar surface area (TPSA) is 87.2 Å². The average molecular weight is 488 g/mol. The molecule has 2 aromatic heterocycles. The molecule has 0 spiro atoms. The summed E-state index contributed by atoms with van der Waals surface area (Å²) < 4.78 is 28.6. The monoisotopic (exact) mass is 487 g/mol. The summed E-state index contributed by atoms with van der Waals surface area (Å²) in [6, 6.07) is 23.0. The van der Waals surface area contributed by atoms with Crippen LogP contribution in [-0.4, -0.2) is 43.6 Å². The Morgan fingerprint density at radius 1 is 0.971 bits per heavy atom. The van der Waals surface area contributed by atoms with Crippen molar-refractivity contribution >= 4 is 26.7 Å². The zero-order chi connectivity index (χ0) is 24.4. The molecule has 0 amide bonds. The summed E-state index contributed by atoms with van der Waals surface area (Å²) in [4.78, 5) is 12.0. The molecule has 1 aliphatic heterocycles. The number of benzene rings is 2. The summed E-state index contributed by atoms with van der Waals surface area (Å²) in [7, 11) is -3.67. The Balaban J connectivity index is 1.46. The van der Waals surface area contributed by atoms with Crippen LogP contribution in [0.25, 0.3) is 22.3 Å². The maximum Gasteiger partial charge on any atom is 0.240 e. The van der Waals surface area contributed by atoms with Crippen molar-refractivity contribution in [3.63, 3.8) is 0 Å². The van der Waals surface area contributed by atoms with Gasteiger partial charge in [-0.2, -0.15) is 0 Å². The Morgan fingerprint density at radius 3 is 2.51 bits per heavy atom. The molecule has 2 atom stereocenters. The summed E-state index contributed by atoms with van der Waals surface area (Å²) >= 11 is 0. The van der Waals surface area contributed by atoms with Gasteiger partial charge in [0.2, 0.25) is 10.0 Å². The Bertz CT molecular complexity index is 1430. The number of rotatable bonds is 6. The first-order chi connectivity index (χ1) is 16.9. The normalized spacial score (nSPS) is 18.6. The first-order valence-corrected chi connectivity index (χ1v) is 13.3. The highest BCUT2D eigenvalue weighted by Gasteiger charge is 2.23. The number of piperazine rings is 1. The molecule has 0 aliphatic carbocycles. The number of sulfonamides is 1. The number of hydrogen-bond acceptors (Lipinski definition) is 6. The number of fused-ring (bicyclic) bond motifs is 1. The van der Waals surface area contributed by atoms with Gasteiger partial charge in [-0.25, -0.2) is 18.1 Å². The van der Waals surface area contributed by atoms with E-state index in [1.54, 1.807) is 18.2 Å².